The maximum Gasteiger partial charge on any atom is 0.209 e. The van der Waals surface area contributed by atoms with Gasteiger partial charge in [-0.3, -0.25) is 10.1 Å². The van der Waals surface area contributed by atoms with Crippen molar-refractivity contribution in [2.75, 3.05) is 6.61 Å². The van der Waals surface area contributed by atoms with Gasteiger partial charge in [-0.25, -0.2) is 4.89 Å². The van der Waals surface area contributed by atoms with E-state index in [1.54, 1.807) is 0 Å². The maximum atomic E-state index is 12.9. The number of aromatic nitrogens is 1. The van der Waals surface area contributed by atoms with Gasteiger partial charge in [0.1, 0.15) is 18.5 Å². The SMILES string of the molecule is CCc1ccc(C(=O)c2cccn2CC=Cc2cccc(O[C@@H](CC)COO)c2)cc1. The number of carbonyl (C=O) groups excluding carboxylic acids is 1. The number of carbonyl (C=O) groups is 1. The fourth-order valence-electron chi connectivity index (χ4n) is 3.32. The van der Waals surface area contributed by atoms with Gasteiger partial charge in [0.05, 0.1) is 5.69 Å². The molecule has 0 unspecified atom stereocenters. The highest BCUT2D eigenvalue weighted by molar-refractivity contribution is 6.08. The zero-order valence-corrected chi connectivity index (χ0v) is 18.0. The van der Waals surface area contributed by atoms with Gasteiger partial charge < -0.3 is 9.30 Å². The minimum absolute atomic E-state index is 0.0214. The summed E-state index contributed by atoms with van der Waals surface area (Å²) in [4.78, 5) is 17.1. The van der Waals surface area contributed by atoms with Crippen LogP contribution in [0.5, 0.6) is 5.75 Å². The first-order valence-corrected chi connectivity index (χ1v) is 10.6. The summed E-state index contributed by atoms with van der Waals surface area (Å²) in [6, 6.07) is 19.3. The quantitative estimate of drug-likeness (QED) is 0.248. The number of hydrogen-bond donors (Lipinski definition) is 1. The van der Waals surface area contributed by atoms with Gasteiger partial charge in [-0.1, -0.05) is 62.4 Å². The summed E-state index contributed by atoms with van der Waals surface area (Å²) < 4.78 is 7.79. The number of benzene rings is 2. The Balaban J connectivity index is 1.66. The van der Waals surface area contributed by atoms with Crippen LogP contribution < -0.4 is 4.74 Å². The van der Waals surface area contributed by atoms with E-state index in [1.165, 1.54) is 5.56 Å². The first kappa shape index (κ1) is 22.5. The van der Waals surface area contributed by atoms with Crippen LogP contribution in [0.4, 0.5) is 0 Å². The van der Waals surface area contributed by atoms with Crippen LogP contribution in [0.15, 0.2) is 72.9 Å². The van der Waals surface area contributed by atoms with E-state index in [1.807, 2.05) is 90.5 Å². The highest BCUT2D eigenvalue weighted by Crippen LogP contribution is 2.18. The third-order valence-corrected chi connectivity index (χ3v) is 5.18. The van der Waals surface area contributed by atoms with E-state index < -0.39 is 0 Å². The van der Waals surface area contributed by atoms with Crippen molar-refractivity contribution >= 4 is 11.9 Å². The number of ether oxygens (including phenoxy) is 1. The third kappa shape index (κ3) is 6.17. The number of aryl methyl sites for hydroxylation is 1. The van der Waals surface area contributed by atoms with Crippen LogP contribution in [-0.4, -0.2) is 28.3 Å². The number of ketones is 1. The van der Waals surface area contributed by atoms with Crippen LogP contribution in [0.2, 0.25) is 0 Å². The van der Waals surface area contributed by atoms with Crippen LogP contribution in [0.25, 0.3) is 6.08 Å². The van der Waals surface area contributed by atoms with E-state index in [-0.39, 0.29) is 18.5 Å². The Labute approximate surface area is 183 Å². The van der Waals surface area contributed by atoms with Crippen LogP contribution in [0, 0.1) is 0 Å². The molecule has 3 aromatic rings. The van der Waals surface area contributed by atoms with Crippen LogP contribution >= 0.6 is 0 Å². The van der Waals surface area contributed by atoms with Gasteiger partial charge in [-0.05, 0) is 48.2 Å². The molecule has 0 amide bonds. The first-order chi connectivity index (χ1) is 15.1. The van der Waals surface area contributed by atoms with E-state index in [4.69, 9.17) is 9.99 Å². The smallest absolute Gasteiger partial charge is 0.209 e. The van der Waals surface area contributed by atoms with Crippen molar-refractivity contribution < 1.29 is 19.7 Å². The van der Waals surface area contributed by atoms with Gasteiger partial charge in [0.25, 0.3) is 0 Å². The molecule has 0 aliphatic heterocycles. The lowest BCUT2D eigenvalue weighted by molar-refractivity contribution is -0.254. The van der Waals surface area contributed by atoms with Gasteiger partial charge in [0.2, 0.25) is 5.78 Å². The Bertz CT molecular complexity index is 1000. The standard InChI is InChI=1S/C26H29NO4/c1-3-20-12-14-22(15-13-20)26(28)25-11-7-17-27(25)16-6-9-21-8-5-10-24(18-21)31-23(4-2)19-30-29/h5-15,17-18,23,29H,3-4,16,19H2,1-2H3/t23-/m0/s1. The highest BCUT2D eigenvalue weighted by Gasteiger charge is 2.13. The zero-order chi connectivity index (χ0) is 22.1. The van der Waals surface area contributed by atoms with Crippen molar-refractivity contribution in [1.29, 1.82) is 0 Å². The van der Waals surface area contributed by atoms with Crippen LogP contribution in [0.1, 0.15) is 47.4 Å². The molecule has 31 heavy (non-hydrogen) atoms. The van der Waals surface area contributed by atoms with Gasteiger partial charge >= 0.3 is 0 Å². The molecule has 0 spiro atoms. The second-order valence-corrected chi connectivity index (χ2v) is 7.34. The van der Waals surface area contributed by atoms with E-state index in [2.05, 4.69) is 11.8 Å². The molecule has 0 aliphatic carbocycles. The molecule has 0 saturated carbocycles. The maximum absolute atomic E-state index is 12.9. The molecule has 0 saturated heterocycles. The molecule has 162 valence electrons. The molecule has 0 fully saturated rings. The van der Waals surface area contributed by atoms with Crippen molar-refractivity contribution in [3.05, 3.63) is 95.3 Å². The lowest BCUT2D eigenvalue weighted by Gasteiger charge is -2.16. The molecule has 2 aromatic carbocycles. The summed E-state index contributed by atoms with van der Waals surface area (Å²) in [6.07, 6.45) is 7.41. The van der Waals surface area contributed by atoms with Gasteiger partial charge in [0, 0.05) is 18.3 Å². The second-order valence-electron chi connectivity index (χ2n) is 7.34. The summed E-state index contributed by atoms with van der Waals surface area (Å²) in [5.74, 6) is 0.742. The van der Waals surface area contributed by atoms with Gasteiger partial charge in [-0.2, -0.15) is 0 Å². The van der Waals surface area contributed by atoms with E-state index in [0.29, 0.717) is 17.8 Å². The van der Waals surface area contributed by atoms with E-state index >= 15 is 0 Å². The molecule has 1 N–H and O–H groups in total. The average molecular weight is 420 g/mol. The molecule has 1 aromatic heterocycles. The number of hydrogen-bond acceptors (Lipinski definition) is 4. The molecule has 5 heteroatoms. The molecule has 0 aliphatic rings. The predicted molar refractivity (Wildman–Crippen MR) is 122 cm³/mol. The molecule has 5 nitrogen and oxygen atoms in total. The van der Waals surface area contributed by atoms with Crippen molar-refractivity contribution in [1.82, 2.24) is 4.57 Å². The van der Waals surface area contributed by atoms with Crippen molar-refractivity contribution in [3.63, 3.8) is 0 Å². The fraction of sp³-hybridized carbons (Fsp3) is 0.269. The number of rotatable bonds is 11. The largest absolute Gasteiger partial charge is 0.488 e. The monoisotopic (exact) mass is 419 g/mol. The Hall–Kier alpha value is -3.15. The second kappa shape index (κ2) is 11.3. The summed E-state index contributed by atoms with van der Waals surface area (Å²) >= 11 is 0. The number of allylic oxidation sites excluding steroid dienone is 1. The first-order valence-electron chi connectivity index (χ1n) is 10.6. The Morgan fingerprint density at radius 1 is 1.10 bits per heavy atom. The summed E-state index contributed by atoms with van der Waals surface area (Å²) in [5, 5.41) is 8.65. The van der Waals surface area contributed by atoms with E-state index in [0.717, 1.165) is 24.2 Å². The average Bonchev–Trinajstić information content (AvgIpc) is 3.27. The highest BCUT2D eigenvalue weighted by atomic mass is 17.1. The summed E-state index contributed by atoms with van der Waals surface area (Å²) in [6.45, 7) is 4.79. The molecule has 3 rings (SSSR count). The summed E-state index contributed by atoms with van der Waals surface area (Å²) in [5.41, 5.74) is 3.58. The summed E-state index contributed by atoms with van der Waals surface area (Å²) in [7, 11) is 0. The van der Waals surface area contributed by atoms with Crippen LogP contribution in [-0.2, 0) is 17.9 Å². The fourth-order valence-corrected chi connectivity index (χ4v) is 3.32. The predicted octanol–water partition coefficient (Wildman–Crippen LogP) is 5.64. The molecular weight excluding hydrogens is 390 g/mol. The Morgan fingerprint density at radius 2 is 1.90 bits per heavy atom. The lowest BCUT2D eigenvalue weighted by Crippen LogP contribution is -2.21. The number of nitrogens with zero attached hydrogens (tertiary/aromatic N) is 1. The third-order valence-electron chi connectivity index (χ3n) is 5.18. The molecule has 0 bridgehead atoms. The Kier molecular flexibility index (Phi) is 8.21. The normalized spacial score (nSPS) is 12.2. The zero-order valence-electron chi connectivity index (χ0n) is 18.0. The van der Waals surface area contributed by atoms with Crippen molar-refractivity contribution in [2.45, 2.75) is 39.3 Å². The molecule has 1 heterocycles. The van der Waals surface area contributed by atoms with Gasteiger partial charge in [0.15, 0.2) is 0 Å². The minimum Gasteiger partial charge on any atom is -0.488 e. The molecule has 0 radical (unpaired) electrons. The molecule has 1 atom stereocenters. The lowest BCUT2D eigenvalue weighted by atomic mass is 10.0. The topological polar surface area (TPSA) is 60.7 Å². The van der Waals surface area contributed by atoms with Crippen molar-refractivity contribution in [2.24, 2.45) is 0 Å². The van der Waals surface area contributed by atoms with Crippen molar-refractivity contribution in [3.8, 4) is 5.75 Å². The van der Waals surface area contributed by atoms with E-state index in [9.17, 15) is 4.79 Å². The molecular formula is C26H29NO4. The van der Waals surface area contributed by atoms with Gasteiger partial charge in [-0.15, -0.1) is 0 Å². The minimum atomic E-state index is -0.205. The van der Waals surface area contributed by atoms with Crippen LogP contribution in [0.3, 0.4) is 0 Å². The Morgan fingerprint density at radius 3 is 2.61 bits per heavy atom.